The lowest BCUT2D eigenvalue weighted by Crippen LogP contribution is -2.39. The number of hydrogen-bond acceptors (Lipinski definition) is 4. The average Bonchev–Trinajstić information content (AvgIpc) is 3.24. The van der Waals surface area contributed by atoms with Gasteiger partial charge in [0.2, 0.25) is 5.91 Å². The van der Waals surface area contributed by atoms with Gasteiger partial charge in [0.1, 0.15) is 5.71 Å². The molecule has 1 aliphatic heterocycles. The van der Waals surface area contributed by atoms with Gasteiger partial charge in [-0.2, -0.15) is 10.2 Å². The van der Waals surface area contributed by atoms with Gasteiger partial charge in [0.05, 0.1) is 18.4 Å². The van der Waals surface area contributed by atoms with Crippen LogP contribution in [0, 0.1) is 0 Å². The maximum Gasteiger partial charge on any atom is 0.270 e. The second-order valence-electron chi connectivity index (χ2n) is 7.27. The van der Waals surface area contributed by atoms with Crippen LogP contribution in [0.15, 0.2) is 78.2 Å². The molecule has 0 spiro atoms. The zero-order valence-electron chi connectivity index (χ0n) is 16.8. The summed E-state index contributed by atoms with van der Waals surface area (Å²) in [6, 6.07) is 19.5. The molecule has 3 aromatic rings. The quantitative estimate of drug-likeness (QED) is 0.638. The van der Waals surface area contributed by atoms with Crippen molar-refractivity contribution in [3.8, 4) is 5.69 Å². The molecule has 2 heterocycles. The first-order valence-electron chi connectivity index (χ1n) is 9.86. The van der Waals surface area contributed by atoms with Crippen LogP contribution >= 0.6 is 0 Å². The molecule has 0 atom stereocenters. The maximum atomic E-state index is 12.9. The van der Waals surface area contributed by atoms with E-state index in [1.54, 1.807) is 22.8 Å². The summed E-state index contributed by atoms with van der Waals surface area (Å²) >= 11 is 0. The maximum absolute atomic E-state index is 12.9. The van der Waals surface area contributed by atoms with Crippen molar-refractivity contribution in [2.75, 3.05) is 7.05 Å². The van der Waals surface area contributed by atoms with E-state index in [1.807, 2.05) is 66.9 Å². The zero-order chi connectivity index (χ0) is 20.9. The minimum Gasteiger partial charge on any atom is -0.336 e. The van der Waals surface area contributed by atoms with E-state index in [-0.39, 0.29) is 18.2 Å². The van der Waals surface area contributed by atoms with Crippen LogP contribution in [0.4, 0.5) is 0 Å². The van der Waals surface area contributed by atoms with Gasteiger partial charge in [-0.3, -0.25) is 9.59 Å². The molecule has 1 aliphatic rings. The molecule has 0 unspecified atom stereocenters. The van der Waals surface area contributed by atoms with Crippen molar-refractivity contribution in [2.24, 2.45) is 5.10 Å². The highest BCUT2D eigenvalue weighted by Gasteiger charge is 2.26. The highest BCUT2D eigenvalue weighted by molar-refractivity contribution is 6.39. The van der Waals surface area contributed by atoms with Crippen LogP contribution in [0.5, 0.6) is 0 Å². The number of carbonyl (C=O) groups is 2. The van der Waals surface area contributed by atoms with Crippen molar-refractivity contribution >= 4 is 17.5 Å². The number of rotatable bonds is 6. The van der Waals surface area contributed by atoms with Gasteiger partial charge in [-0.05, 0) is 17.7 Å². The van der Waals surface area contributed by atoms with Crippen LogP contribution < -0.4 is 0 Å². The first kappa shape index (κ1) is 19.6. The Morgan fingerprint density at radius 1 is 1.00 bits per heavy atom. The zero-order valence-corrected chi connectivity index (χ0v) is 16.8. The molecule has 1 aromatic heterocycles. The number of benzene rings is 2. The molecule has 2 aromatic carbocycles. The Kier molecular flexibility index (Phi) is 5.70. The Balaban J connectivity index is 1.43. The molecule has 4 rings (SSSR count). The van der Waals surface area contributed by atoms with Gasteiger partial charge in [-0.25, -0.2) is 9.69 Å². The normalized spacial score (nSPS) is 13.8. The van der Waals surface area contributed by atoms with E-state index in [4.69, 9.17) is 0 Å². The number of hydrogen-bond donors (Lipinski definition) is 0. The van der Waals surface area contributed by atoms with Crippen LogP contribution in [-0.2, 0) is 22.7 Å². The topological polar surface area (TPSA) is 70.8 Å². The molecule has 0 saturated carbocycles. The van der Waals surface area contributed by atoms with Gasteiger partial charge >= 0.3 is 0 Å². The molecule has 0 bridgehead atoms. The van der Waals surface area contributed by atoms with E-state index in [2.05, 4.69) is 10.2 Å². The summed E-state index contributed by atoms with van der Waals surface area (Å²) in [6.45, 7) is 0.779. The van der Waals surface area contributed by atoms with Crippen LogP contribution in [-0.4, -0.2) is 44.3 Å². The largest absolute Gasteiger partial charge is 0.336 e. The summed E-state index contributed by atoms with van der Waals surface area (Å²) < 4.78 is 1.78. The van der Waals surface area contributed by atoms with Crippen molar-refractivity contribution in [1.29, 1.82) is 0 Å². The van der Waals surface area contributed by atoms with E-state index in [0.29, 0.717) is 25.2 Å². The standard InChI is InChI=1S/C23H23N5O2/c1-26(15-19-14-24-27(17-19)20-10-6-3-7-11-20)23(30)21-12-13-22(29)28(25-21)16-18-8-4-2-5-9-18/h2-11,14,17H,12-13,15-16H2,1H3. The fourth-order valence-electron chi connectivity index (χ4n) is 3.37. The fourth-order valence-corrected chi connectivity index (χ4v) is 3.37. The molecular weight excluding hydrogens is 378 g/mol. The van der Waals surface area contributed by atoms with Crippen LogP contribution in [0.1, 0.15) is 24.0 Å². The molecule has 0 N–H and O–H groups in total. The summed E-state index contributed by atoms with van der Waals surface area (Å²) in [6.07, 6.45) is 4.31. The molecule has 30 heavy (non-hydrogen) atoms. The SMILES string of the molecule is CN(Cc1cnn(-c2ccccc2)c1)C(=O)C1=NN(Cc2ccccc2)C(=O)CC1. The second-order valence-corrected chi connectivity index (χ2v) is 7.27. The molecule has 152 valence electrons. The van der Waals surface area contributed by atoms with Crippen LogP contribution in [0.25, 0.3) is 5.69 Å². The summed E-state index contributed by atoms with van der Waals surface area (Å²) in [5.41, 5.74) is 3.27. The molecule has 2 amide bonds. The fraction of sp³-hybridized carbons (Fsp3) is 0.217. The van der Waals surface area contributed by atoms with Gasteiger partial charge in [-0.1, -0.05) is 48.5 Å². The van der Waals surface area contributed by atoms with Gasteiger partial charge in [-0.15, -0.1) is 0 Å². The predicted octanol–water partition coefficient (Wildman–Crippen LogP) is 3.01. The molecule has 7 heteroatoms. The summed E-state index contributed by atoms with van der Waals surface area (Å²) in [5.74, 6) is -0.241. The van der Waals surface area contributed by atoms with Crippen molar-refractivity contribution in [3.63, 3.8) is 0 Å². The molecule has 0 fully saturated rings. The second kappa shape index (κ2) is 8.73. The van der Waals surface area contributed by atoms with Crippen molar-refractivity contribution in [1.82, 2.24) is 19.7 Å². The smallest absolute Gasteiger partial charge is 0.270 e. The van der Waals surface area contributed by atoms with Gasteiger partial charge < -0.3 is 4.90 Å². The predicted molar refractivity (Wildman–Crippen MR) is 114 cm³/mol. The Bertz CT molecular complexity index is 1060. The van der Waals surface area contributed by atoms with Gasteiger partial charge in [0.15, 0.2) is 0 Å². The number of aromatic nitrogens is 2. The summed E-state index contributed by atoms with van der Waals surface area (Å²) in [5, 5.41) is 10.1. The van der Waals surface area contributed by atoms with Crippen molar-refractivity contribution in [2.45, 2.75) is 25.9 Å². The Labute approximate surface area is 175 Å². The minimum absolute atomic E-state index is 0.0674. The Morgan fingerprint density at radius 2 is 1.70 bits per heavy atom. The highest BCUT2D eigenvalue weighted by Crippen LogP contribution is 2.16. The van der Waals surface area contributed by atoms with Crippen LogP contribution in [0.3, 0.4) is 0 Å². The van der Waals surface area contributed by atoms with Crippen LogP contribution in [0.2, 0.25) is 0 Å². The number of nitrogens with zero attached hydrogens (tertiary/aromatic N) is 5. The Hall–Kier alpha value is -3.74. The molecule has 0 saturated heterocycles. The van der Waals surface area contributed by atoms with Gasteiger partial charge in [0.25, 0.3) is 5.91 Å². The van der Waals surface area contributed by atoms with E-state index >= 15 is 0 Å². The average molecular weight is 401 g/mol. The molecular formula is C23H23N5O2. The third kappa shape index (κ3) is 4.46. The first-order valence-corrected chi connectivity index (χ1v) is 9.86. The lowest BCUT2D eigenvalue weighted by Gasteiger charge is -2.25. The lowest BCUT2D eigenvalue weighted by atomic mass is 10.1. The number of amides is 2. The number of carbonyl (C=O) groups excluding carboxylic acids is 2. The van der Waals surface area contributed by atoms with E-state index < -0.39 is 0 Å². The molecule has 7 nitrogen and oxygen atoms in total. The Morgan fingerprint density at radius 3 is 2.43 bits per heavy atom. The summed E-state index contributed by atoms with van der Waals surface area (Å²) in [4.78, 5) is 26.8. The highest BCUT2D eigenvalue weighted by atomic mass is 16.2. The third-order valence-electron chi connectivity index (χ3n) is 4.95. The van der Waals surface area contributed by atoms with E-state index in [9.17, 15) is 9.59 Å². The van der Waals surface area contributed by atoms with Crippen molar-refractivity contribution in [3.05, 3.63) is 84.2 Å². The van der Waals surface area contributed by atoms with Gasteiger partial charge in [0, 0.05) is 38.2 Å². The van der Waals surface area contributed by atoms with Crippen molar-refractivity contribution < 1.29 is 9.59 Å². The minimum atomic E-state index is -0.173. The third-order valence-corrected chi connectivity index (χ3v) is 4.95. The number of hydrazone groups is 1. The number of para-hydroxylation sites is 1. The van der Waals surface area contributed by atoms with E-state index in [1.165, 1.54) is 5.01 Å². The van der Waals surface area contributed by atoms with E-state index in [0.717, 1.165) is 16.8 Å². The molecule has 0 radical (unpaired) electrons. The monoisotopic (exact) mass is 401 g/mol. The lowest BCUT2D eigenvalue weighted by molar-refractivity contribution is -0.132. The summed E-state index contributed by atoms with van der Waals surface area (Å²) in [7, 11) is 1.74. The first-order chi connectivity index (χ1) is 14.6. The molecule has 0 aliphatic carbocycles.